The Morgan fingerprint density at radius 2 is 1.79 bits per heavy atom. The standard InChI is InChI=1S/C34H36N8O5/c1-22-33-38-32(24-9-5-4-6-10-24)39-42(33)17-18-47-29-19-25(13-14-28(29)46-3)34(45)35-15-16-40(20-30(43)36-22)31(44)21-41-23(2)37-26-11-7-8-12-27(26)41/h4-14,19,22H,15-18,20-21H2,1-3H3,(H,35,45)(H,36,43)/t22-/m1/s1. The summed E-state index contributed by atoms with van der Waals surface area (Å²) in [6.07, 6.45) is 0. The first kappa shape index (κ1) is 31.3. The highest BCUT2D eigenvalue weighted by Crippen LogP contribution is 2.28. The third-order valence-corrected chi connectivity index (χ3v) is 7.98. The third-order valence-electron chi connectivity index (χ3n) is 7.98. The first-order valence-corrected chi connectivity index (χ1v) is 15.4. The number of methoxy groups -OCH3 is 1. The van der Waals surface area contributed by atoms with Gasteiger partial charge in [0, 0.05) is 24.2 Å². The number of amides is 3. The molecule has 3 amide bonds. The molecule has 0 fully saturated rings. The lowest BCUT2D eigenvalue weighted by atomic mass is 10.2. The van der Waals surface area contributed by atoms with Crippen molar-refractivity contribution in [2.45, 2.75) is 33.0 Å². The molecule has 13 heteroatoms. The number of aryl methyl sites for hydroxylation is 1. The quantitative estimate of drug-likeness (QED) is 0.306. The Morgan fingerprint density at radius 3 is 2.60 bits per heavy atom. The zero-order chi connectivity index (χ0) is 32.9. The molecule has 0 radical (unpaired) electrons. The number of para-hydroxylation sites is 2. The fraction of sp³-hybridized carbons (Fsp3) is 0.294. The van der Waals surface area contributed by atoms with E-state index in [9.17, 15) is 14.4 Å². The fourth-order valence-corrected chi connectivity index (χ4v) is 5.58. The predicted octanol–water partition coefficient (Wildman–Crippen LogP) is 3.14. The van der Waals surface area contributed by atoms with Gasteiger partial charge < -0.3 is 29.6 Å². The van der Waals surface area contributed by atoms with Crippen LogP contribution in [0.1, 0.15) is 35.0 Å². The van der Waals surface area contributed by atoms with E-state index in [1.54, 1.807) is 22.9 Å². The number of benzene rings is 3. The summed E-state index contributed by atoms with van der Waals surface area (Å²) in [6, 6.07) is 21.5. The third kappa shape index (κ3) is 6.93. The van der Waals surface area contributed by atoms with Crippen LogP contribution in [0.2, 0.25) is 0 Å². The van der Waals surface area contributed by atoms with Crippen LogP contribution in [0, 0.1) is 6.92 Å². The van der Waals surface area contributed by atoms with E-state index in [1.165, 1.54) is 12.0 Å². The Hall–Kier alpha value is -5.72. The molecule has 1 aliphatic rings. The molecule has 1 atom stereocenters. The van der Waals surface area contributed by atoms with E-state index in [2.05, 4.69) is 15.6 Å². The molecular formula is C34H36N8O5. The Balaban J connectivity index is 1.31. The lowest BCUT2D eigenvalue weighted by molar-refractivity contribution is -0.136. The average Bonchev–Trinajstić information content (AvgIpc) is 3.64. The number of nitrogens with zero attached hydrogens (tertiary/aromatic N) is 6. The van der Waals surface area contributed by atoms with Gasteiger partial charge in [0.2, 0.25) is 11.8 Å². The first-order chi connectivity index (χ1) is 22.8. The number of nitrogens with one attached hydrogen (secondary N) is 2. The van der Waals surface area contributed by atoms with Gasteiger partial charge in [0.25, 0.3) is 5.91 Å². The van der Waals surface area contributed by atoms with Gasteiger partial charge in [0.05, 0.1) is 37.3 Å². The van der Waals surface area contributed by atoms with Crippen molar-refractivity contribution in [1.82, 2.24) is 39.8 Å². The lowest BCUT2D eigenvalue weighted by Crippen LogP contribution is -2.46. The highest BCUT2D eigenvalue weighted by Gasteiger charge is 2.24. The molecule has 47 heavy (non-hydrogen) atoms. The molecule has 242 valence electrons. The number of carbonyl (C=O) groups excluding carboxylic acids is 3. The van der Waals surface area contributed by atoms with Crippen LogP contribution in [0.3, 0.4) is 0 Å². The van der Waals surface area contributed by atoms with Crippen LogP contribution < -0.4 is 20.1 Å². The maximum absolute atomic E-state index is 13.8. The number of hydrogen-bond donors (Lipinski definition) is 2. The van der Waals surface area contributed by atoms with Crippen LogP contribution in [0.4, 0.5) is 0 Å². The molecule has 5 aromatic rings. The van der Waals surface area contributed by atoms with Crippen LogP contribution in [0.25, 0.3) is 22.4 Å². The van der Waals surface area contributed by atoms with Gasteiger partial charge in [-0.15, -0.1) is 0 Å². The molecule has 0 aliphatic carbocycles. The number of aromatic nitrogens is 5. The van der Waals surface area contributed by atoms with Crippen molar-refractivity contribution in [2.24, 2.45) is 0 Å². The minimum Gasteiger partial charge on any atom is -0.493 e. The highest BCUT2D eigenvalue weighted by molar-refractivity contribution is 5.95. The molecule has 0 saturated heterocycles. The number of rotatable bonds is 4. The molecule has 1 aliphatic heterocycles. The molecule has 0 spiro atoms. The number of fused-ring (bicyclic) bond motifs is 4. The van der Waals surface area contributed by atoms with E-state index >= 15 is 0 Å². The summed E-state index contributed by atoms with van der Waals surface area (Å²) in [6.45, 7) is 4.14. The molecule has 0 saturated carbocycles. The van der Waals surface area contributed by atoms with E-state index in [0.717, 1.165) is 16.6 Å². The zero-order valence-corrected chi connectivity index (χ0v) is 26.5. The summed E-state index contributed by atoms with van der Waals surface area (Å²) in [4.78, 5) is 51.1. The van der Waals surface area contributed by atoms with Crippen LogP contribution in [0.5, 0.6) is 11.5 Å². The Morgan fingerprint density at radius 1 is 1.00 bits per heavy atom. The average molecular weight is 637 g/mol. The normalized spacial score (nSPS) is 16.1. The summed E-state index contributed by atoms with van der Waals surface area (Å²) < 4.78 is 15.1. The van der Waals surface area contributed by atoms with Gasteiger partial charge in [-0.3, -0.25) is 14.4 Å². The van der Waals surface area contributed by atoms with Crippen molar-refractivity contribution in [3.63, 3.8) is 0 Å². The molecule has 2 bridgehead atoms. The SMILES string of the molecule is COc1ccc2cc1OCCn1nc(-c3ccccc3)nc1[C@@H](C)NC(=O)CN(C(=O)Cn1c(C)nc3ccccc31)CCNC2=O. The van der Waals surface area contributed by atoms with Crippen LogP contribution in [0.15, 0.2) is 72.8 Å². The van der Waals surface area contributed by atoms with Gasteiger partial charge in [-0.05, 0) is 44.2 Å². The highest BCUT2D eigenvalue weighted by atomic mass is 16.5. The molecule has 2 N–H and O–H groups in total. The maximum atomic E-state index is 13.8. The van der Waals surface area contributed by atoms with E-state index in [0.29, 0.717) is 41.1 Å². The largest absolute Gasteiger partial charge is 0.493 e. The number of hydrogen-bond acceptors (Lipinski definition) is 8. The van der Waals surface area contributed by atoms with Crippen molar-refractivity contribution in [3.05, 3.63) is 90.0 Å². The molecule has 2 aromatic heterocycles. The minimum atomic E-state index is -0.544. The topological polar surface area (TPSA) is 146 Å². The van der Waals surface area contributed by atoms with Gasteiger partial charge in [0.1, 0.15) is 24.8 Å². The van der Waals surface area contributed by atoms with Gasteiger partial charge in [0.15, 0.2) is 17.3 Å². The molecule has 3 aromatic carbocycles. The molecule has 13 nitrogen and oxygen atoms in total. The fourth-order valence-electron chi connectivity index (χ4n) is 5.58. The van der Waals surface area contributed by atoms with E-state index in [4.69, 9.17) is 19.6 Å². The van der Waals surface area contributed by atoms with Gasteiger partial charge in [-0.2, -0.15) is 5.10 Å². The van der Waals surface area contributed by atoms with E-state index < -0.39 is 6.04 Å². The summed E-state index contributed by atoms with van der Waals surface area (Å²) >= 11 is 0. The lowest BCUT2D eigenvalue weighted by Gasteiger charge is -2.24. The van der Waals surface area contributed by atoms with E-state index in [1.807, 2.05) is 73.0 Å². The maximum Gasteiger partial charge on any atom is 0.251 e. The zero-order valence-electron chi connectivity index (χ0n) is 26.5. The second-order valence-electron chi connectivity index (χ2n) is 11.2. The Bertz CT molecular complexity index is 1920. The summed E-state index contributed by atoms with van der Waals surface area (Å²) in [5.41, 5.74) is 2.79. The minimum absolute atomic E-state index is 0.0168. The molecule has 0 unspecified atom stereocenters. The number of ether oxygens (including phenoxy) is 2. The Kier molecular flexibility index (Phi) is 9.13. The smallest absolute Gasteiger partial charge is 0.251 e. The summed E-state index contributed by atoms with van der Waals surface area (Å²) in [7, 11) is 1.53. The first-order valence-electron chi connectivity index (χ1n) is 15.4. The summed E-state index contributed by atoms with van der Waals surface area (Å²) in [5, 5.41) is 10.6. The van der Waals surface area contributed by atoms with E-state index in [-0.39, 0.29) is 50.5 Å². The molecule has 3 heterocycles. The van der Waals surface area contributed by atoms with Crippen molar-refractivity contribution in [2.75, 3.05) is 33.4 Å². The second-order valence-corrected chi connectivity index (χ2v) is 11.2. The molecular weight excluding hydrogens is 600 g/mol. The van der Waals surface area contributed by atoms with Gasteiger partial charge >= 0.3 is 0 Å². The van der Waals surface area contributed by atoms with Crippen molar-refractivity contribution >= 4 is 28.8 Å². The molecule has 6 rings (SSSR count). The van der Waals surface area contributed by atoms with Gasteiger partial charge in [-0.25, -0.2) is 14.6 Å². The van der Waals surface area contributed by atoms with Gasteiger partial charge in [-0.1, -0.05) is 42.5 Å². The van der Waals surface area contributed by atoms with Crippen molar-refractivity contribution in [1.29, 1.82) is 0 Å². The van der Waals surface area contributed by atoms with Crippen LogP contribution in [-0.2, 0) is 22.7 Å². The second kappa shape index (κ2) is 13.7. The van der Waals surface area contributed by atoms with Crippen LogP contribution in [-0.4, -0.2) is 80.3 Å². The summed E-state index contributed by atoms with van der Waals surface area (Å²) in [5.74, 6) is 1.57. The van der Waals surface area contributed by atoms with Crippen molar-refractivity contribution in [3.8, 4) is 22.9 Å². The van der Waals surface area contributed by atoms with Crippen LogP contribution >= 0.6 is 0 Å². The van der Waals surface area contributed by atoms with Crippen molar-refractivity contribution < 1.29 is 23.9 Å². The Labute approximate surface area is 271 Å². The predicted molar refractivity (Wildman–Crippen MR) is 174 cm³/mol. The number of imidazole rings is 1. The number of carbonyl (C=O) groups is 3. The monoisotopic (exact) mass is 636 g/mol.